The van der Waals surface area contributed by atoms with Crippen molar-refractivity contribution >= 4 is 11.6 Å². The third kappa shape index (κ3) is 4.06. The van der Waals surface area contributed by atoms with Crippen molar-refractivity contribution in [3.63, 3.8) is 0 Å². The summed E-state index contributed by atoms with van der Waals surface area (Å²) in [5, 5.41) is 6.15. The maximum atomic E-state index is 12.2. The van der Waals surface area contributed by atoms with Gasteiger partial charge in [0.1, 0.15) is 0 Å². The van der Waals surface area contributed by atoms with Crippen LogP contribution < -0.4 is 10.6 Å². The van der Waals surface area contributed by atoms with Crippen LogP contribution in [0.1, 0.15) is 38.2 Å². The van der Waals surface area contributed by atoms with Crippen LogP contribution in [-0.2, 0) is 11.3 Å². The number of anilines is 1. The highest BCUT2D eigenvalue weighted by atomic mass is 16.1. The lowest BCUT2D eigenvalue weighted by molar-refractivity contribution is -0.121. The minimum absolute atomic E-state index is 0.188. The van der Waals surface area contributed by atoms with Crippen molar-refractivity contribution in [1.29, 1.82) is 0 Å². The molecule has 104 valence electrons. The summed E-state index contributed by atoms with van der Waals surface area (Å²) in [5.41, 5.74) is 2.13. The Labute approximate surface area is 115 Å². The van der Waals surface area contributed by atoms with E-state index in [1.54, 1.807) is 0 Å². The van der Waals surface area contributed by atoms with Crippen molar-refractivity contribution < 1.29 is 4.79 Å². The third-order valence-electron chi connectivity index (χ3n) is 3.99. The van der Waals surface area contributed by atoms with E-state index >= 15 is 0 Å². The second-order valence-corrected chi connectivity index (χ2v) is 5.67. The van der Waals surface area contributed by atoms with E-state index in [0.29, 0.717) is 0 Å². The summed E-state index contributed by atoms with van der Waals surface area (Å²) in [4.78, 5) is 12.2. The third-order valence-corrected chi connectivity index (χ3v) is 3.99. The summed E-state index contributed by atoms with van der Waals surface area (Å²) >= 11 is 0. The van der Waals surface area contributed by atoms with Gasteiger partial charge in [0.05, 0.1) is 0 Å². The molecule has 2 N–H and O–H groups in total. The lowest BCUT2D eigenvalue weighted by Crippen LogP contribution is -2.26. The summed E-state index contributed by atoms with van der Waals surface area (Å²) < 4.78 is 0. The van der Waals surface area contributed by atoms with Crippen molar-refractivity contribution in [2.24, 2.45) is 11.8 Å². The van der Waals surface area contributed by atoms with Crippen LogP contribution in [0.3, 0.4) is 0 Å². The van der Waals surface area contributed by atoms with Gasteiger partial charge in [0.25, 0.3) is 0 Å². The minimum atomic E-state index is 0.188. The highest BCUT2D eigenvalue weighted by molar-refractivity contribution is 5.92. The van der Waals surface area contributed by atoms with E-state index in [1.807, 2.05) is 19.2 Å². The molecule has 3 heteroatoms. The maximum Gasteiger partial charge on any atom is 0.227 e. The SMILES string of the molecule is CNCc1ccc(NC(=O)C2CCC(C)CC2)cc1. The molecular formula is C16H24N2O. The Kier molecular flexibility index (Phi) is 4.97. The number of amides is 1. The van der Waals surface area contributed by atoms with Gasteiger partial charge in [0, 0.05) is 18.2 Å². The van der Waals surface area contributed by atoms with Gasteiger partial charge in [-0.3, -0.25) is 4.79 Å². The molecule has 1 aromatic carbocycles. The number of hydrogen-bond donors (Lipinski definition) is 2. The van der Waals surface area contributed by atoms with Gasteiger partial charge in [-0.25, -0.2) is 0 Å². The first-order valence-corrected chi connectivity index (χ1v) is 7.23. The van der Waals surface area contributed by atoms with Crippen molar-refractivity contribution in [3.8, 4) is 0 Å². The van der Waals surface area contributed by atoms with Gasteiger partial charge in [-0.1, -0.05) is 19.1 Å². The predicted octanol–water partition coefficient (Wildman–Crippen LogP) is 3.17. The topological polar surface area (TPSA) is 41.1 Å². The lowest BCUT2D eigenvalue weighted by atomic mass is 9.82. The van der Waals surface area contributed by atoms with Crippen molar-refractivity contribution in [2.45, 2.75) is 39.2 Å². The van der Waals surface area contributed by atoms with Crippen LogP contribution in [0.2, 0.25) is 0 Å². The number of carbonyl (C=O) groups is 1. The first-order chi connectivity index (χ1) is 9.19. The van der Waals surface area contributed by atoms with Crippen LogP contribution in [0.5, 0.6) is 0 Å². The quantitative estimate of drug-likeness (QED) is 0.873. The highest BCUT2D eigenvalue weighted by Crippen LogP contribution is 2.29. The molecule has 1 aromatic rings. The van der Waals surface area contributed by atoms with E-state index in [-0.39, 0.29) is 11.8 Å². The molecule has 0 aromatic heterocycles. The highest BCUT2D eigenvalue weighted by Gasteiger charge is 2.24. The molecule has 2 rings (SSSR count). The Bertz CT molecular complexity index is 405. The summed E-state index contributed by atoms with van der Waals surface area (Å²) in [7, 11) is 1.93. The molecule has 0 heterocycles. The molecule has 1 fully saturated rings. The Balaban J connectivity index is 1.88. The Morgan fingerprint density at radius 2 is 1.79 bits per heavy atom. The summed E-state index contributed by atoms with van der Waals surface area (Å²) in [6.07, 6.45) is 4.42. The smallest absolute Gasteiger partial charge is 0.227 e. The fourth-order valence-electron chi connectivity index (χ4n) is 2.68. The number of hydrogen-bond acceptors (Lipinski definition) is 2. The second-order valence-electron chi connectivity index (χ2n) is 5.67. The number of rotatable bonds is 4. The van der Waals surface area contributed by atoms with Crippen LogP contribution in [0.4, 0.5) is 5.69 Å². The largest absolute Gasteiger partial charge is 0.326 e. The zero-order valence-corrected chi connectivity index (χ0v) is 11.9. The van der Waals surface area contributed by atoms with E-state index in [4.69, 9.17) is 0 Å². The minimum Gasteiger partial charge on any atom is -0.326 e. The van der Waals surface area contributed by atoms with Crippen LogP contribution in [0.15, 0.2) is 24.3 Å². The fourth-order valence-corrected chi connectivity index (χ4v) is 2.68. The van der Waals surface area contributed by atoms with Crippen LogP contribution in [-0.4, -0.2) is 13.0 Å². The van der Waals surface area contributed by atoms with Crippen molar-refractivity contribution in [2.75, 3.05) is 12.4 Å². The zero-order valence-electron chi connectivity index (χ0n) is 11.9. The van der Waals surface area contributed by atoms with Crippen LogP contribution in [0, 0.1) is 11.8 Å². The molecule has 0 aliphatic heterocycles. The van der Waals surface area contributed by atoms with Gasteiger partial charge in [-0.2, -0.15) is 0 Å². The molecule has 0 saturated heterocycles. The molecule has 0 atom stereocenters. The first kappa shape index (κ1) is 14.1. The van der Waals surface area contributed by atoms with Crippen LogP contribution in [0.25, 0.3) is 0 Å². The van der Waals surface area contributed by atoms with Crippen molar-refractivity contribution in [3.05, 3.63) is 29.8 Å². The first-order valence-electron chi connectivity index (χ1n) is 7.23. The van der Waals surface area contributed by atoms with E-state index in [9.17, 15) is 4.79 Å². The number of carbonyl (C=O) groups excluding carboxylic acids is 1. The lowest BCUT2D eigenvalue weighted by Gasteiger charge is -2.25. The number of nitrogens with one attached hydrogen (secondary N) is 2. The Morgan fingerprint density at radius 1 is 1.16 bits per heavy atom. The normalized spacial score (nSPS) is 23.1. The standard InChI is InChI=1S/C16H24N2O/c1-12-3-7-14(8-4-12)16(19)18-15-9-5-13(6-10-15)11-17-2/h5-6,9-10,12,14,17H,3-4,7-8,11H2,1-2H3,(H,18,19). The zero-order chi connectivity index (χ0) is 13.7. The molecule has 0 unspecified atom stereocenters. The van der Waals surface area contributed by atoms with Gasteiger partial charge < -0.3 is 10.6 Å². The molecule has 19 heavy (non-hydrogen) atoms. The predicted molar refractivity (Wildman–Crippen MR) is 79.0 cm³/mol. The van der Waals surface area contributed by atoms with E-state index < -0.39 is 0 Å². The van der Waals surface area contributed by atoms with Gasteiger partial charge >= 0.3 is 0 Å². The molecule has 1 aliphatic carbocycles. The molecule has 0 spiro atoms. The Hall–Kier alpha value is -1.35. The van der Waals surface area contributed by atoms with Crippen LogP contribution >= 0.6 is 0 Å². The monoisotopic (exact) mass is 260 g/mol. The molecule has 0 radical (unpaired) electrons. The average molecular weight is 260 g/mol. The van der Waals surface area contributed by atoms with Gasteiger partial charge in [0.2, 0.25) is 5.91 Å². The van der Waals surface area contributed by atoms with Gasteiger partial charge in [-0.05, 0) is 56.3 Å². The van der Waals surface area contributed by atoms with E-state index in [1.165, 1.54) is 18.4 Å². The summed E-state index contributed by atoms with van der Waals surface area (Å²) in [6.45, 7) is 3.13. The molecule has 3 nitrogen and oxygen atoms in total. The molecule has 1 saturated carbocycles. The molecule has 1 aliphatic rings. The van der Waals surface area contributed by atoms with Gasteiger partial charge in [0.15, 0.2) is 0 Å². The number of benzene rings is 1. The molecular weight excluding hydrogens is 236 g/mol. The summed E-state index contributed by atoms with van der Waals surface area (Å²) in [5.74, 6) is 1.17. The second kappa shape index (κ2) is 6.71. The maximum absolute atomic E-state index is 12.2. The molecule has 1 amide bonds. The average Bonchev–Trinajstić information content (AvgIpc) is 2.42. The van der Waals surface area contributed by atoms with E-state index in [0.717, 1.165) is 31.0 Å². The van der Waals surface area contributed by atoms with Gasteiger partial charge in [-0.15, -0.1) is 0 Å². The van der Waals surface area contributed by atoms with E-state index in [2.05, 4.69) is 29.7 Å². The summed E-state index contributed by atoms with van der Waals surface area (Å²) in [6, 6.07) is 8.07. The molecule has 0 bridgehead atoms. The fraction of sp³-hybridized carbons (Fsp3) is 0.562. The van der Waals surface area contributed by atoms with Crippen molar-refractivity contribution in [1.82, 2.24) is 5.32 Å². The Morgan fingerprint density at radius 3 is 2.37 bits per heavy atom.